The molecule has 0 aliphatic carbocycles. The zero-order chi connectivity index (χ0) is 21.9. The van der Waals surface area contributed by atoms with E-state index in [1.807, 2.05) is 20.8 Å². The molecule has 0 saturated carbocycles. The number of carbonyl (C=O) groups is 1. The third-order valence-electron chi connectivity index (χ3n) is 4.61. The molecule has 1 N–H and O–H groups in total. The number of amides is 1. The molecule has 0 saturated heterocycles. The largest absolute Gasteiger partial charge is 0.444 e. The van der Waals surface area contributed by atoms with E-state index in [1.54, 1.807) is 0 Å². The molecule has 160 valence electrons. The first-order chi connectivity index (χ1) is 12.5. The molecule has 28 heavy (non-hydrogen) atoms. The number of nitrogens with one attached hydrogen (secondary N) is 1. The highest BCUT2D eigenvalue weighted by atomic mass is 35.5. The molecule has 0 bridgehead atoms. The number of nitrogens with zero attached hydrogens (tertiary/aromatic N) is 1. The van der Waals surface area contributed by atoms with Gasteiger partial charge < -0.3 is 14.5 Å². The summed E-state index contributed by atoms with van der Waals surface area (Å²) in [6, 6.07) is 1.14. The Morgan fingerprint density at radius 3 is 2.21 bits per heavy atom. The van der Waals surface area contributed by atoms with E-state index in [2.05, 4.69) is 44.2 Å². The van der Waals surface area contributed by atoms with Crippen LogP contribution in [0.4, 0.5) is 4.79 Å². The summed E-state index contributed by atoms with van der Waals surface area (Å²) < 4.78 is 11.7. The monoisotopic (exact) mass is 468 g/mol. The first-order valence-electron chi connectivity index (χ1n) is 9.16. The minimum Gasteiger partial charge on any atom is -0.444 e. The second kappa shape index (κ2) is 9.52. The van der Waals surface area contributed by atoms with Crippen molar-refractivity contribution in [3.63, 3.8) is 0 Å². The summed E-state index contributed by atoms with van der Waals surface area (Å²) in [5.41, 5.74) is -0.000839. The van der Waals surface area contributed by atoms with Gasteiger partial charge in [0.15, 0.2) is 8.32 Å². The molecule has 0 aromatic carbocycles. The van der Waals surface area contributed by atoms with E-state index in [1.165, 1.54) is 6.07 Å². The number of carbonyl (C=O) groups excluding carboxylic acids is 1. The predicted octanol–water partition coefficient (Wildman–Crippen LogP) is 6.50. The summed E-state index contributed by atoms with van der Waals surface area (Å²) in [5, 5.41) is 3.74. The van der Waals surface area contributed by atoms with Crippen LogP contribution in [0.25, 0.3) is 0 Å². The number of pyridine rings is 1. The van der Waals surface area contributed by atoms with Crippen LogP contribution in [-0.2, 0) is 15.6 Å². The molecule has 0 unspecified atom stereocenters. The van der Waals surface area contributed by atoms with Crippen LogP contribution < -0.4 is 5.32 Å². The Bertz CT molecular complexity index is 678. The summed E-state index contributed by atoms with van der Waals surface area (Å²) >= 11 is 18.4. The molecule has 1 heterocycles. The Morgan fingerprint density at radius 2 is 1.75 bits per heavy atom. The van der Waals surface area contributed by atoms with Crippen molar-refractivity contribution in [2.24, 2.45) is 0 Å². The van der Waals surface area contributed by atoms with Gasteiger partial charge in [-0.05, 0) is 51.4 Å². The standard InChI is InChI=1S/C19H31Cl3N2O3Si/c1-18(2,3)27-17(25)23-12(11-26-28(7,8)19(4,5)6)9-13-14(20)10-15(21)24-16(13)22/h10,12H,9,11H2,1-8H3,(H,23,25)/t12-/m1/s1. The first-order valence-corrected chi connectivity index (χ1v) is 13.2. The minimum absolute atomic E-state index is 0.0422. The molecular weight excluding hydrogens is 439 g/mol. The summed E-state index contributed by atoms with van der Waals surface area (Å²) in [4.78, 5) is 16.4. The van der Waals surface area contributed by atoms with Crippen LogP contribution >= 0.6 is 34.8 Å². The third-order valence-corrected chi connectivity index (χ3v) is 9.96. The maximum absolute atomic E-state index is 12.3. The molecule has 0 spiro atoms. The molecule has 5 nitrogen and oxygen atoms in total. The fraction of sp³-hybridized carbons (Fsp3) is 0.684. The van der Waals surface area contributed by atoms with E-state index in [9.17, 15) is 4.79 Å². The number of rotatable bonds is 6. The second-order valence-corrected chi connectivity index (χ2v) is 15.3. The van der Waals surface area contributed by atoms with Gasteiger partial charge in [0.2, 0.25) is 0 Å². The van der Waals surface area contributed by atoms with Crippen molar-refractivity contribution in [2.45, 2.75) is 77.7 Å². The molecule has 1 aromatic rings. The van der Waals surface area contributed by atoms with Crippen molar-refractivity contribution in [3.05, 3.63) is 27.0 Å². The Labute approximate surface area is 184 Å². The fourth-order valence-electron chi connectivity index (χ4n) is 2.06. The van der Waals surface area contributed by atoms with Crippen LogP contribution in [0, 0.1) is 0 Å². The van der Waals surface area contributed by atoms with Crippen molar-refractivity contribution in [1.29, 1.82) is 0 Å². The van der Waals surface area contributed by atoms with Gasteiger partial charge in [0.1, 0.15) is 15.9 Å². The van der Waals surface area contributed by atoms with Gasteiger partial charge in [-0.2, -0.15) is 0 Å². The van der Waals surface area contributed by atoms with Crippen LogP contribution in [0.1, 0.15) is 47.1 Å². The highest BCUT2D eigenvalue weighted by molar-refractivity contribution is 6.74. The summed E-state index contributed by atoms with van der Waals surface area (Å²) in [7, 11) is -2.01. The van der Waals surface area contributed by atoms with Gasteiger partial charge in [0, 0.05) is 10.6 Å². The molecule has 1 amide bonds. The topological polar surface area (TPSA) is 60.5 Å². The average molecular weight is 470 g/mol. The lowest BCUT2D eigenvalue weighted by Gasteiger charge is -2.37. The van der Waals surface area contributed by atoms with Crippen LogP contribution in [0.3, 0.4) is 0 Å². The van der Waals surface area contributed by atoms with Crippen molar-refractivity contribution < 1.29 is 14.0 Å². The molecule has 0 aliphatic rings. The van der Waals surface area contributed by atoms with Crippen LogP contribution in [0.5, 0.6) is 0 Å². The van der Waals surface area contributed by atoms with Crippen molar-refractivity contribution in [3.8, 4) is 0 Å². The van der Waals surface area contributed by atoms with E-state index in [0.29, 0.717) is 23.6 Å². The number of alkyl carbamates (subject to hydrolysis) is 1. The quantitative estimate of drug-likeness (QED) is 0.381. The number of hydrogen-bond donors (Lipinski definition) is 1. The summed E-state index contributed by atoms with van der Waals surface area (Å²) in [6.07, 6.45) is -0.180. The Morgan fingerprint density at radius 1 is 1.18 bits per heavy atom. The van der Waals surface area contributed by atoms with Crippen molar-refractivity contribution in [2.75, 3.05) is 6.61 Å². The third kappa shape index (κ3) is 8.07. The normalized spacial score (nSPS) is 14.0. The Balaban J connectivity index is 3.03. The zero-order valence-electron chi connectivity index (χ0n) is 17.9. The molecule has 9 heteroatoms. The summed E-state index contributed by atoms with van der Waals surface area (Å²) in [5.74, 6) is 0. The van der Waals surface area contributed by atoms with Crippen LogP contribution in [0.2, 0.25) is 33.5 Å². The first kappa shape index (κ1) is 25.5. The molecule has 0 fully saturated rings. The maximum atomic E-state index is 12.3. The van der Waals surface area contributed by atoms with Gasteiger partial charge >= 0.3 is 6.09 Å². The van der Waals surface area contributed by atoms with Gasteiger partial charge in [0.25, 0.3) is 0 Å². The van der Waals surface area contributed by atoms with E-state index in [-0.39, 0.29) is 21.4 Å². The van der Waals surface area contributed by atoms with Gasteiger partial charge in [0.05, 0.1) is 12.6 Å². The minimum atomic E-state index is -2.01. The maximum Gasteiger partial charge on any atom is 0.407 e. The average Bonchev–Trinajstić information content (AvgIpc) is 2.44. The van der Waals surface area contributed by atoms with Gasteiger partial charge in [-0.25, -0.2) is 9.78 Å². The molecule has 1 rings (SSSR count). The second-order valence-electron chi connectivity index (χ2n) is 9.31. The molecule has 0 radical (unpaired) electrons. The number of ether oxygens (including phenoxy) is 1. The highest BCUT2D eigenvalue weighted by Gasteiger charge is 2.38. The lowest BCUT2D eigenvalue weighted by molar-refractivity contribution is 0.0485. The van der Waals surface area contributed by atoms with Gasteiger partial charge in [-0.1, -0.05) is 55.6 Å². The van der Waals surface area contributed by atoms with E-state index >= 15 is 0 Å². The van der Waals surface area contributed by atoms with E-state index in [4.69, 9.17) is 44.0 Å². The lowest BCUT2D eigenvalue weighted by Crippen LogP contribution is -2.48. The lowest BCUT2D eigenvalue weighted by atomic mass is 10.1. The molecular formula is C19H31Cl3N2O3Si. The van der Waals surface area contributed by atoms with Crippen molar-refractivity contribution >= 4 is 49.2 Å². The molecule has 1 aromatic heterocycles. The van der Waals surface area contributed by atoms with Crippen LogP contribution in [-0.4, -0.2) is 37.6 Å². The molecule has 0 aliphatic heterocycles. The highest BCUT2D eigenvalue weighted by Crippen LogP contribution is 2.36. The fourth-order valence-corrected chi connectivity index (χ4v) is 4.00. The van der Waals surface area contributed by atoms with E-state index in [0.717, 1.165) is 0 Å². The SMILES string of the molecule is CC(C)(C)OC(=O)N[C@@H](CO[Si](C)(C)C(C)(C)C)Cc1c(Cl)cc(Cl)nc1Cl. The van der Waals surface area contributed by atoms with Crippen molar-refractivity contribution in [1.82, 2.24) is 10.3 Å². The zero-order valence-corrected chi connectivity index (χ0v) is 21.1. The Hall–Kier alpha value is -0.533. The van der Waals surface area contributed by atoms with E-state index < -0.39 is 20.0 Å². The number of halogens is 3. The predicted molar refractivity (Wildman–Crippen MR) is 119 cm³/mol. The number of aromatic nitrogens is 1. The smallest absolute Gasteiger partial charge is 0.407 e. The number of hydrogen-bond acceptors (Lipinski definition) is 4. The Kier molecular flexibility index (Phi) is 8.67. The van der Waals surface area contributed by atoms with Crippen LogP contribution in [0.15, 0.2) is 6.07 Å². The van der Waals surface area contributed by atoms with Gasteiger partial charge in [-0.3, -0.25) is 0 Å². The van der Waals surface area contributed by atoms with Gasteiger partial charge in [-0.15, -0.1) is 0 Å². The summed E-state index contributed by atoms with van der Waals surface area (Å²) in [6.45, 7) is 16.5. The molecule has 1 atom stereocenters.